The van der Waals surface area contributed by atoms with Crippen molar-refractivity contribution in [2.45, 2.75) is 12.5 Å². The summed E-state index contributed by atoms with van der Waals surface area (Å²) in [6.45, 7) is 0.776. The van der Waals surface area contributed by atoms with E-state index in [1.54, 1.807) is 18.3 Å². The molecule has 0 radical (unpaired) electrons. The standard InChI is InChI=1S/C17H15N5O2S/c23-15-14(25-17(24)22-15)8-11-5-6-18-16(20-11)21-12-7-10-3-1-2-4-13(10)19-9-12/h1-6,8,12,19H,7,9H2,(H,18,20,21)(H,22,23,24). The summed E-state index contributed by atoms with van der Waals surface area (Å²) in [7, 11) is 0. The molecule has 1 fully saturated rings. The van der Waals surface area contributed by atoms with E-state index in [1.165, 1.54) is 5.56 Å². The van der Waals surface area contributed by atoms with Crippen LogP contribution in [-0.2, 0) is 11.2 Å². The van der Waals surface area contributed by atoms with Crippen LogP contribution in [0.15, 0.2) is 41.4 Å². The van der Waals surface area contributed by atoms with E-state index < -0.39 is 5.91 Å². The zero-order chi connectivity index (χ0) is 17.2. The Morgan fingerprint density at radius 2 is 2.12 bits per heavy atom. The fourth-order valence-corrected chi connectivity index (χ4v) is 3.47. The predicted octanol–water partition coefficient (Wildman–Crippen LogP) is 2.25. The Morgan fingerprint density at radius 3 is 2.96 bits per heavy atom. The number of anilines is 2. The predicted molar refractivity (Wildman–Crippen MR) is 97.2 cm³/mol. The van der Waals surface area contributed by atoms with Crippen molar-refractivity contribution < 1.29 is 9.59 Å². The van der Waals surface area contributed by atoms with Crippen molar-refractivity contribution in [3.8, 4) is 0 Å². The van der Waals surface area contributed by atoms with Crippen molar-refractivity contribution in [1.82, 2.24) is 15.3 Å². The number of hydrogen-bond donors (Lipinski definition) is 3. The van der Waals surface area contributed by atoms with Crippen molar-refractivity contribution in [3.05, 3.63) is 52.7 Å². The number of nitrogens with zero attached hydrogens (tertiary/aromatic N) is 2. The molecule has 0 spiro atoms. The smallest absolute Gasteiger partial charge is 0.290 e. The van der Waals surface area contributed by atoms with Gasteiger partial charge in [-0.1, -0.05) is 18.2 Å². The largest absolute Gasteiger partial charge is 0.383 e. The summed E-state index contributed by atoms with van der Waals surface area (Å²) < 4.78 is 0. The zero-order valence-electron chi connectivity index (χ0n) is 13.2. The van der Waals surface area contributed by atoms with Crippen molar-refractivity contribution in [1.29, 1.82) is 0 Å². The lowest BCUT2D eigenvalue weighted by atomic mass is 10.00. The number of aromatic nitrogens is 2. The lowest BCUT2D eigenvalue weighted by Gasteiger charge is -2.26. The molecule has 0 bridgehead atoms. The number of rotatable bonds is 3. The lowest BCUT2D eigenvalue weighted by molar-refractivity contribution is -0.115. The normalized spacial score (nSPS) is 20.8. The molecule has 7 nitrogen and oxygen atoms in total. The van der Waals surface area contributed by atoms with Crippen LogP contribution >= 0.6 is 11.8 Å². The number of carbonyl (C=O) groups excluding carboxylic acids is 2. The molecule has 25 heavy (non-hydrogen) atoms. The van der Waals surface area contributed by atoms with E-state index in [-0.39, 0.29) is 11.3 Å². The summed E-state index contributed by atoms with van der Waals surface area (Å²) >= 11 is 0.873. The molecule has 2 amide bonds. The van der Waals surface area contributed by atoms with Crippen LogP contribution in [0.5, 0.6) is 0 Å². The van der Waals surface area contributed by atoms with Crippen molar-refractivity contribution in [2.75, 3.05) is 17.2 Å². The second-order valence-corrected chi connectivity index (χ2v) is 6.76. The van der Waals surface area contributed by atoms with Gasteiger partial charge in [0.2, 0.25) is 5.95 Å². The van der Waals surface area contributed by atoms with Gasteiger partial charge in [0.1, 0.15) is 0 Å². The van der Waals surface area contributed by atoms with Gasteiger partial charge in [-0.25, -0.2) is 9.97 Å². The zero-order valence-corrected chi connectivity index (χ0v) is 14.0. The SMILES string of the molecule is O=C1NC(=O)C(=Cc2ccnc(NC3CNc4ccccc4C3)n2)S1. The third-order valence-electron chi connectivity index (χ3n) is 3.95. The number of fused-ring (bicyclic) bond motifs is 1. The number of thioether (sulfide) groups is 1. The average Bonchev–Trinajstić information content (AvgIpc) is 2.92. The number of amides is 2. The topological polar surface area (TPSA) is 96.0 Å². The first-order valence-electron chi connectivity index (χ1n) is 7.83. The van der Waals surface area contributed by atoms with Crippen LogP contribution in [0, 0.1) is 0 Å². The molecule has 0 saturated carbocycles. The van der Waals surface area contributed by atoms with E-state index in [0.29, 0.717) is 16.5 Å². The summed E-state index contributed by atoms with van der Waals surface area (Å²) in [5, 5.41) is 8.57. The molecule has 1 aromatic heterocycles. The molecule has 126 valence electrons. The third-order valence-corrected chi connectivity index (χ3v) is 4.76. The molecule has 1 unspecified atom stereocenters. The minimum absolute atomic E-state index is 0.170. The Bertz CT molecular complexity index is 883. The Balaban J connectivity index is 1.48. The maximum absolute atomic E-state index is 11.6. The number of imide groups is 1. The highest BCUT2D eigenvalue weighted by atomic mass is 32.2. The van der Waals surface area contributed by atoms with Gasteiger partial charge in [-0.2, -0.15) is 0 Å². The molecular weight excluding hydrogens is 338 g/mol. The van der Waals surface area contributed by atoms with Crippen LogP contribution in [0.2, 0.25) is 0 Å². The van der Waals surface area contributed by atoms with E-state index in [1.807, 2.05) is 12.1 Å². The minimum Gasteiger partial charge on any atom is -0.383 e. The molecule has 2 aliphatic rings. The highest BCUT2D eigenvalue weighted by Crippen LogP contribution is 2.25. The molecule has 3 N–H and O–H groups in total. The number of benzene rings is 1. The molecule has 3 heterocycles. The molecule has 8 heteroatoms. The second kappa shape index (κ2) is 6.56. The quantitative estimate of drug-likeness (QED) is 0.728. The summed E-state index contributed by atoms with van der Waals surface area (Å²) in [6, 6.07) is 10.1. The Labute approximate surface area is 148 Å². The van der Waals surface area contributed by atoms with Crippen LogP contribution in [-0.4, -0.2) is 33.7 Å². The fourth-order valence-electron chi connectivity index (χ4n) is 2.80. The number of nitrogens with one attached hydrogen (secondary N) is 3. The molecule has 4 rings (SSSR count). The van der Waals surface area contributed by atoms with E-state index in [2.05, 4.69) is 38.1 Å². The van der Waals surface area contributed by atoms with Gasteiger partial charge in [-0.05, 0) is 42.0 Å². The van der Waals surface area contributed by atoms with E-state index in [0.717, 1.165) is 30.4 Å². The highest BCUT2D eigenvalue weighted by Gasteiger charge is 2.25. The second-order valence-electron chi connectivity index (χ2n) is 5.74. The van der Waals surface area contributed by atoms with Gasteiger partial charge in [0.25, 0.3) is 11.1 Å². The molecular formula is C17H15N5O2S. The van der Waals surface area contributed by atoms with E-state index >= 15 is 0 Å². The summed E-state index contributed by atoms with van der Waals surface area (Å²) in [5.74, 6) is 0.103. The monoisotopic (exact) mass is 353 g/mol. The number of para-hydroxylation sites is 1. The molecule has 2 aliphatic heterocycles. The van der Waals surface area contributed by atoms with Crippen molar-refractivity contribution in [3.63, 3.8) is 0 Å². The summed E-state index contributed by atoms with van der Waals surface area (Å²) in [5.41, 5.74) is 2.99. The van der Waals surface area contributed by atoms with E-state index in [4.69, 9.17) is 0 Å². The van der Waals surface area contributed by atoms with Gasteiger partial charge in [-0.3, -0.25) is 14.9 Å². The van der Waals surface area contributed by atoms with E-state index in [9.17, 15) is 9.59 Å². The molecule has 1 atom stereocenters. The molecule has 1 aromatic carbocycles. The van der Waals surface area contributed by atoms with Crippen LogP contribution in [0.1, 0.15) is 11.3 Å². The Hall–Kier alpha value is -2.87. The third kappa shape index (κ3) is 3.48. The maximum atomic E-state index is 11.6. The summed E-state index contributed by atoms with van der Waals surface area (Å²) in [6.07, 6.45) is 4.10. The van der Waals surface area contributed by atoms with Crippen LogP contribution in [0.25, 0.3) is 6.08 Å². The van der Waals surface area contributed by atoms with Gasteiger partial charge < -0.3 is 10.6 Å². The van der Waals surface area contributed by atoms with Gasteiger partial charge in [0.05, 0.1) is 16.6 Å². The van der Waals surface area contributed by atoms with Gasteiger partial charge in [0.15, 0.2) is 0 Å². The van der Waals surface area contributed by atoms with Crippen LogP contribution in [0.3, 0.4) is 0 Å². The molecule has 2 aromatic rings. The van der Waals surface area contributed by atoms with Crippen LogP contribution < -0.4 is 16.0 Å². The Morgan fingerprint density at radius 1 is 1.24 bits per heavy atom. The molecule has 0 aliphatic carbocycles. The first-order valence-corrected chi connectivity index (χ1v) is 8.65. The summed E-state index contributed by atoms with van der Waals surface area (Å²) in [4.78, 5) is 31.8. The average molecular weight is 353 g/mol. The fraction of sp³-hybridized carbons (Fsp3) is 0.176. The van der Waals surface area contributed by atoms with Gasteiger partial charge in [-0.15, -0.1) is 0 Å². The number of hydrogen-bond acceptors (Lipinski definition) is 7. The first-order chi connectivity index (χ1) is 12.2. The Kier molecular flexibility index (Phi) is 4.10. The van der Waals surface area contributed by atoms with Crippen molar-refractivity contribution in [2.24, 2.45) is 0 Å². The number of carbonyl (C=O) groups is 2. The van der Waals surface area contributed by atoms with Gasteiger partial charge in [0, 0.05) is 18.4 Å². The molecule has 1 saturated heterocycles. The first kappa shape index (κ1) is 15.6. The highest BCUT2D eigenvalue weighted by molar-refractivity contribution is 8.18. The van der Waals surface area contributed by atoms with Crippen molar-refractivity contribution >= 4 is 40.6 Å². The van der Waals surface area contributed by atoms with Gasteiger partial charge >= 0.3 is 0 Å². The van der Waals surface area contributed by atoms with Crippen LogP contribution in [0.4, 0.5) is 16.4 Å². The minimum atomic E-state index is -0.392. The lowest BCUT2D eigenvalue weighted by Crippen LogP contribution is -2.35. The maximum Gasteiger partial charge on any atom is 0.290 e.